The molecule has 0 amide bonds. The molecule has 0 aromatic heterocycles. The number of rotatable bonds is 9. The molecule has 1 aliphatic rings. The van der Waals surface area contributed by atoms with Crippen molar-refractivity contribution in [2.24, 2.45) is 5.92 Å². The Bertz CT molecular complexity index is 463. The van der Waals surface area contributed by atoms with Crippen molar-refractivity contribution in [3.05, 3.63) is 29.8 Å². The summed E-state index contributed by atoms with van der Waals surface area (Å²) in [6, 6.07) is 8.21. The quantitative estimate of drug-likeness (QED) is 0.530. The summed E-state index contributed by atoms with van der Waals surface area (Å²) in [5, 5.41) is 0. The van der Waals surface area contributed by atoms with Crippen molar-refractivity contribution in [3.8, 4) is 5.75 Å². The molecule has 23 heavy (non-hydrogen) atoms. The van der Waals surface area contributed by atoms with Crippen LogP contribution in [0.25, 0.3) is 0 Å². The fourth-order valence-corrected chi connectivity index (χ4v) is 3.42. The summed E-state index contributed by atoms with van der Waals surface area (Å²) in [7, 11) is 0. The highest BCUT2D eigenvalue weighted by atomic mass is 16.5. The number of Topliss-reactive ketones (excluding diaryl/α,β-unsaturated/α-hetero) is 1. The second kappa shape index (κ2) is 9.75. The summed E-state index contributed by atoms with van der Waals surface area (Å²) in [5.74, 6) is 2.00. The summed E-state index contributed by atoms with van der Waals surface area (Å²) >= 11 is 0. The monoisotopic (exact) mass is 316 g/mol. The van der Waals surface area contributed by atoms with Crippen molar-refractivity contribution in [2.75, 3.05) is 6.61 Å². The average Bonchev–Trinajstić information content (AvgIpc) is 2.55. The van der Waals surface area contributed by atoms with Crippen LogP contribution in [0.5, 0.6) is 5.75 Å². The molecule has 128 valence electrons. The van der Waals surface area contributed by atoms with E-state index in [0.717, 1.165) is 43.6 Å². The van der Waals surface area contributed by atoms with E-state index in [1.54, 1.807) is 0 Å². The first-order valence-electron chi connectivity index (χ1n) is 9.46. The maximum Gasteiger partial charge on any atom is 0.140 e. The van der Waals surface area contributed by atoms with E-state index in [2.05, 4.69) is 26.0 Å². The number of hydrogen-bond donors (Lipinski definition) is 0. The van der Waals surface area contributed by atoms with Crippen molar-refractivity contribution >= 4 is 5.78 Å². The van der Waals surface area contributed by atoms with Crippen LogP contribution in [-0.4, -0.2) is 12.4 Å². The van der Waals surface area contributed by atoms with Gasteiger partial charge >= 0.3 is 0 Å². The van der Waals surface area contributed by atoms with Crippen LogP contribution in [-0.2, 0) is 4.79 Å². The van der Waals surface area contributed by atoms with Crippen molar-refractivity contribution in [1.29, 1.82) is 0 Å². The zero-order valence-electron chi connectivity index (χ0n) is 14.9. The first kappa shape index (κ1) is 18.0. The molecule has 0 N–H and O–H groups in total. The van der Waals surface area contributed by atoms with E-state index in [9.17, 15) is 4.79 Å². The molecule has 0 saturated heterocycles. The van der Waals surface area contributed by atoms with Crippen molar-refractivity contribution in [1.82, 2.24) is 0 Å². The first-order chi connectivity index (χ1) is 11.2. The van der Waals surface area contributed by atoms with Gasteiger partial charge in [-0.05, 0) is 42.9 Å². The highest BCUT2D eigenvalue weighted by Gasteiger charge is 2.27. The lowest BCUT2D eigenvalue weighted by Gasteiger charge is -2.25. The molecule has 2 heteroatoms. The molecule has 0 radical (unpaired) electrons. The minimum atomic E-state index is 0.110. The fourth-order valence-electron chi connectivity index (χ4n) is 3.42. The Labute approximate surface area is 141 Å². The van der Waals surface area contributed by atoms with Crippen molar-refractivity contribution < 1.29 is 9.53 Å². The number of carbonyl (C=O) groups is 1. The minimum absolute atomic E-state index is 0.110. The lowest BCUT2D eigenvalue weighted by Crippen LogP contribution is -2.21. The summed E-state index contributed by atoms with van der Waals surface area (Å²) in [4.78, 5) is 12.2. The van der Waals surface area contributed by atoms with Gasteiger partial charge in [0.1, 0.15) is 11.5 Å². The first-order valence-corrected chi connectivity index (χ1v) is 9.46. The molecule has 1 fully saturated rings. The van der Waals surface area contributed by atoms with E-state index in [4.69, 9.17) is 4.74 Å². The van der Waals surface area contributed by atoms with E-state index in [-0.39, 0.29) is 5.92 Å². The maximum atomic E-state index is 12.2. The molecule has 1 aliphatic carbocycles. The molecule has 0 aliphatic heterocycles. The Balaban J connectivity index is 1.71. The molecule has 2 unspecified atom stereocenters. The molecule has 2 atom stereocenters. The van der Waals surface area contributed by atoms with Gasteiger partial charge in [0.2, 0.25) is 0 Å². The van der Waals surface area contributed by atoms with Gasteiger partial charge < -0.3 is 4.74 Å². The summed E-state index contributed by atoms with van der Waals surface area (Å²) < 4.78 is 5.81. The Hall–Kier alpha value is -1.31. The van der Waals surface area contributed by atoms with E-state index in [1.165, 1.54) is 32.1 Å². The van der Waals surface area contributed by atoms with Gasteiger partial charge in [-0.3, -0.25) is 4.79 Å². The van der Waals surface area contributed by atoms with Gasteiger partial charge in [-0.25, -0.2) is 0 Å². The van der Waals surface area contributed by atoms with Gasteiger partial charge in [0.05, 0.1) is 6.61 Å². The summed E-state index contributed by atoms with van der Waals surface area (Å²) in [6.45, 7) is 5.22. The second-order valence-corrected chi connectivity index (χ2v) is 7.09. The van der Waals surface area contributed by atoms with Gasteiger partial charge in [-0.2, -0.15) is 0 Å². The number of ketones is 1. The Morgan fingerprint density at radius 3 is 2.39 bits per heavy atom. The van der Waals surface area contributed by atoms with Gasteiger partial charge in [0.15, 0.2) is 0 Å². The van der Waals surface area contributed by atoms with Crippen molar-refractivity contribution in [2.45, 2.75) is 77.6 Å². The van der Waals surface area contributed by atoms with Crippen LogP contribution in [0.2, 0.25) is 0 Å². The van der Waals surface area contributed by atoms with Crippen LogP contribution >= 0.6 is 0 Å². The number of carbonyl (C=O) groups excluding carboxylic acids is 1. The molecular weight excluding hydrogens is 284 g/mol. The lowest BCUT2D eigenvalue weighted by molar-refractivity contribution is -0.123. The predicted molar refractivity (Wildman–Crippen MR) is 96.1 cm³/mol. The maximum absolute atomic E-state index is 12.2. The molecule has 0 bridgehead atoms. The highest BCUT2D eigenvalue weighted by molar-refractivity contribution is 5.86. The molecule has 2 rings (SSSR count). The Morgan fingerprint density at radius 1 is 1.00 bits per heavy atom. The number of hydrogen-bond acceptors (Lipinski definition) is 2. The lowest BCUT2D eigenvalue weighted by atomic mass is 9.78. The third kappa shape index (κ3) is 6.01. The predicted octanol–water partition coefficient (Wildman–Crippen LogP) is 5.90. The minimum Gasteiger partial charge on any atom is -0.494 e. The SMILES string of the molecule is CCCCCCCCOc1ccc(C2CCC(C)CC2=O)cc1. The molecule has 1 aromatic carbocycles. The fraction of sp³-hybridized carbons (Fsp3) is 0.667. The van der Waals surface area contributed by atoms with Crippen LogP contribution in [0.1, 0.15) is 83.1 Å². The van der Waals surface area contributed by atoms with Gasteiger partial charge in [0, 0.05) is 12.3 Å². The molecule has 1 saturated carbocycles. The molecule has 2 nitrogen and oxygen atoms in total. The number of benzene rings is 1. The van der Waals surface area contributed by atoms with E-state index in [0.29, 0.717) is 11.7 Å². The van der Waals surface area contributed by atoms with Gasteiger partial charge in [-0.1, -0.05) is 58.1 Å². The summed E-state index contributed by atoms with van der Waals surface area (Å²) in [5.41, 5.74) is 1.16. The van der Waals surface area contributed by atoms with Crippen LogP contribution in [0.3, 0.4) is 0 Å². The van der Waals surface area contributed by atoms with Gasteiger partial charge in [-0.15, -0.1) is 0 Å². The van der Waals surface area contributed by atoms with E-state index >= 15 is 0 Å². The van der Waals surface area contributed by atoms with E-state index < -0.39 is 0 Å². The van der Waals surface area contributed by atoms with Crippen LogP contribution in [0.4, 0.5) is 0 Å². The van der Waals surface area contributed by atoms with Crippen molar-refractivity contribution in [3.63, 3.8) is 0 Å². The zero-order chi connectivity index (χ0) is 16.5. The average molecular weight is 316 g/mol. The number of ether oxygens (including phenoxy) is 1. The zero-order valence-corrected chi connectivity index (χ0v) is 14.9. The third-order valence-corrected chi connectivity index (χ3v) is 4.94. The highest BCUT2D eigenvalue weighted by Crippen LogP contribution is 2.33. The molecule has 0 spiro atoms. The smallest absolute Gasteiger partial charge is 0.140 e. The van der Waals surface area contributed by atoms with Crippen LogP contribution < -0.4 is 4.74 Å². The largest absolute Gasteiger partial charge is 0.494 e. The topological polar surface area (TPSA) is 26.3 Å². The molecule has 1 aromatic rings. The summed E-state index contributed by atoms with van der Waals surface area (Å²) in [6.07, 6.45) is 10.6. The third-order valence-electron chi connectivity index (χ3n) is 4.94. The Morgan fingerprint density at radius 2 is 1.70 bits per heavy atom. The van der Waals surface area contributed by atoms with Crippen LogP contribution in [0, 0.1) is 5.92 Å². The Kier molecular flexibility index (Phi) is 7.64. The normalized spacial score (nSPS) is 21.4. The van der Waals surface area contributed by atoms with Gasteiger partial charge in [0.25, 0.3) is 0 Å². The molecular formula is C21H32O2. The van der Waals surface area contributed by atoms with Crippen LogP contribution in [0.15, 0.2) is 24.3 Å². The van der Waals surface area contributed by atoms with E-state index in [1.807, 2.05) is 12.1 Å². The number of unbranched alkanes of at least 4 members (excludes halogenated alkanes) is 5. The second-order valence-electron chi connectivity index (χ2n) is 7.09. The molecule has 0 heterocycles. The standard InChI is InChI=1S/C21H32O2/c1-3-4-5-6-7-8-15-23-19-12-10-18(11-13-19)20-14-9-17(2)16-21(20)22/h10-13,17,20H,3-9,14-16H2,1-2H3.